The van der Waals surface area contributed by atoms with Crippen LogP contribution >= 0.6 is 11.9 Å². The van der Waals surface area contributed by atoms with E-state index in [0.717, 1.165) is 0 Å². The third-order valence-electron chi connectivity index (χ3n) is 3.24. The quantitative estimate of drug-likeness (QED) is 0.259. The van der Waals surface area contributed by atoms with Gasteiger partial charge in [-0.1, -0.05) is 0 Å². The molecule has 5 unspecified atom stereocenters. The zero-order valence-electron chi connectivity index (χ0n) is 13.4. The Kier molecular flexibility index (Phi) is 8.95. The molecule has 0 spiro atoms. The first-order valence-corrected chi connectivity index (χ1v) is 22.1. The predicted octanol–water partition coefficient (Wildman–Crippen LogP) is 0.965. The maximum atomic E-state index is 11.5. The average molecular weight is 584 g/mol. The number of ether oxygens (including phenoxy) is 5. The van der Waals surface area contributed by atoms with Crippen LogP contribution in [0.1, 0.15) is 20.8 Å². The minimum absolute atomic E-state index is 0.128. The SMILES string of the molecule is COC1OC(COC(C)=O)C(OC(C)=O)C(OC(C)=O)[CH]1[Hg][Br]. The summed E-state index contributed by atoms with van der Waals surface area (Å²) in [7, 11) is 1.48. The summed E-state index contributed by atoms with van der Waals surface area (Å²) in [5, 5.41) is 0. The van der Waals surface area contributed by atoms with Crippen LogP contribution in [0.3, 0.4) is 0 Å². The molecule has 0 amide bonds. The third-order valence-corrected chi connectivity index (χ3v) is 14.5. The fraction of sp³-hybridized carbons (Fsp3) is 0.769. The van der Waals surface area contributed by atoms with Gasteiger partial charge in [-0.15, -0.1) is 0 Å². The molecule has 1 heterocycles. The van der Waals surface area contributed by atoms with Gasteiger partial charge in [0.05, 0.1) is 0 Å². The van der Waals surface area contributed by atoms with Crippen molar-refractivity contribution in [3.05, 3.63) is 0 Å². The normalized spacial score (nSPS) is 30.0. The molecule has 0 N–H and O–H groups in total. The fourth-order valence-corrected chi connectivity index (χ4v) is 12.1. The molecule has 1 aliphatic rings. The molecule has 0 aromatic rings. The molecule has 1 rings (SSSR count). The predicted molar refractivity (Wildman–Crippen MR) is 76.1 cm³/mol. The van der Waals surface area contributed by atoms with Gasteiger partial charge in [0.1, 0.15) is 0 Å². The minimum atomic E-state index is -1.69. The van der Waals surface area contributed by atoms with Crippen molar-refractivity contribution in [1.82, 2.24) is 0 Å². The van der Waals surface area contributed by atoms with E-state index in [9.17, 15) is 14.4 Å². The molecule has 0 aromatic carbocycles. The maximum absolute atomic E-state index is 11.5. The molecule has 1 aliphatic heterocycles. The van der Waals surface area contributed by atoms with E-state index in [1.54, 1.807) is 0 Å². The van der Waals surface area contributed by atoms with E-state index in [1.807, 2.05) is 0 Å². The van der Waals surface area contributed by atoms with E-state index in [1.165, 1.54) is 27.9 Å². The molecule has 0 aliphatic carbocycles. The van der Waals surface area contributed by atoms with Crippen LogP contribution in [-0.2, 0) is 60.2 Å². The number of carbonyl (C=O) groups is 3. The Morgan fingerprint density at radius 1 is 1.04 bits per heavy atom. The zero-order chi connectivity index (χ0) is 17.6. The number of carbonyl (C=O) groups excluding carboxylic acids is 3. The van der Waals surface area contributed by atoms with Crippen molar-refractivity contribution >= 4 is 29.8 Å². The Labute approximate surface area is 152 Å². The molecule has 0 bridgehead atoms. The second-order valence-electron chi connectivity index (χ2n) is 5.05. The van der Waals surface area contributed by atoms with Crippen molar-refractivity contribution in [1.29, 1.82) is 0 Å². The van der Waals surface area contributed by atoms with Gasteiger partial charge in [0.2, 0.25) is 0 Å². The molecule has 5 atom stereocenters. The van der Waals surface area contributed by atoms with Crippen LogP contribution in [0.2, 0.25) is 3.43 Å². The second-order valence-corrected chi connectivity index (χ2v) is 15.6. The first-order valence-electron chi connectivity index (χ1n) is 7.02. The Hall–Kier alpha value is -0.255. The van der Waals surface area contributed by atoms with Crippen LogP contribution in [0.15, 0.2) is 0 Å². The van der Waals surface area contributed by atoms with Gasteiger partial charge >= 0.3 is 153 Å². The molecule has 1 saturated heterocycles. The van der Waals surface area contributed by atoms with Crippen molar-refractivity contribution < 1.29 is 60.2 Å². The Morgan fingerprint density at radius 2 is 1.61 bits per heavy atom. The van der Waals surface area contributed by atoms with Crippen LogP contribution in [0.4, 0.5) is 0 Å². The average Bonchev–Trinajstić information content (AvgIpc) is 2.45. The zero-order valence-corrected chi connectivity index (χ0v) is 20.5. The molecule has 1 fully saturated rings. The molecule has 23 heavy (non-hydrogen) atoms. The molecule has 10 heteroatoms. The van der Waals surface area contributed by atoms with E-state index < -0.39 is 64.7 Å². The number of methoxy groups -OCH3 is 1. The molecular weight excluding hydrogens is 565 g/mol. The second kappa shape index (κ2) is 9.90. The van der Waals surface area contributed by atoms with E-state index >= 15 is 0 Å². The fourth-order valence-electron chi connectivity index (χ4n) is 2.37. The first kappa shape index (κ1) is 20.8. The van der Waals surface area contributed by atoms with Gasteiger partial charge in [-0.3, -0.25) is 0 Å². The van der Waals surface area contributed by atoms with Gasteiger partial charge in [-0.05, 0) is 0 Å². The summed E-state index contributed by atoms with van der Waals surface area (Å²) in [6.45, 7) is 3.67. The topological polar surface area (TPSA) is 97.4 Å². The van der Waals surface area contributed by atoms with Gasteiger partial charge in [0.15, 0.2) is 0 Å². The van der Waals surface area contributed by atoms with Gasteiger partial charge < -0.3 is 0 Å². The van der Waals surface area contributed by atoms with E-state index in [2.05, 4.69) is 11.9 Å². The van der Waals surface area contributed by atoms with Crippen molar-refractivity contribution in [2.45, 2.75) is 48.8 Å². The van der Waals surface area contributed by atoms with Crippen LogP contribution in [0, 0.1) is 0 Å². The van der Waals surface area contributed by atoms with Crippen LogP contribution in [0.25, 0.3) is 0 Å². The summed E-state index contributed by atoms with van der Waals surface area (Å²) in [5.41, 5.74) is 0. The van der Waals surface area contributed by atoms with Crippen molar-refractivity contribution in [2.24, 2.45) is 0 Å². The number of hydrogen-bond donors (Lipinski definition) is 0. The van der Waals surface area contributed by atoms with Crippen LogP contribution in [-0.4, -0.2) is 56.2 Å². The molecule has 0 aromatic heterocycles. The third kappa shape index (κ3) is 6.28. The van der Waals surface area contributed by atoms with E-state index in [4.69, 9.17) is 23.7 Å². The number of halogens is 1. The van der Waals surface area contributed by atoms with Gasteiger partial charge in [0.25, 0.3) is 0 Å². The number of hydrogen-bond acceptors (Lipinski definition) is 8. The molecule has 0 saturated carbocycles. The van der Waals surface area contributed by atoms with Gasteiger partial charge in [0, 0.05) is 0 Å². The van der Waals surface area contributed by atoms with Crippen LogP contribution in [0.5, 0.6) is 0 Å². The van der Waals surface area contributed by atoms with E-state index in [-0.39, 0.29) is 10.0 Å². The molecule has 128 valence electrons. The van der Waals surface area contributed by atoms with E-state index in [0.29, 0.717) is 0 Å². The molecule has 8 nitrogen and oxygen atoms in total. The molecular formula is C13H19BrHgO8. The first-order chi connectivity index (χ1) is 10.8. The summed E-state index contributed by atoms with van der Waals surface area (Å²) in [6, 6.07) is 0. The van der Waals surface area contributed by atoms with Crippen molar-refractivity contribution in [3.63, 3.8) is 0 Å². The van der Waals surface area contributed by atoms with Crippen molar-refractivity contribution in [3.8, 4) is 0 Å². The van der Waals surface area contributed by atoms with Crippen LogP contribution < -0.4 is 0 Å². The van der Waals surface area contributed by atoms with Crippen molar-refractivity contribution in [2.75, 3.05) is 13.7 Å². The monoisotopic (exact) mass is 584 g/mol. The Balaban J connectivity index is 3.08. The number of rotatable bonds is 6. The summed E-state index contributed by atoms with van der Waals surface area (Å²) in [4.78, 5) is 33.9. The standard InChI is InChI=1S/C13H19O8.BrH.Hg/c1-7(14)18-6-11-13(20-9(3)16)10(19-8(2)15)5-12(17-4)21-11;;/h5,10-13H,6H2,1-4H3;1H;/q;;+1/p-1. The molecule has 0 radical (unpaired) electrons. The summed E-state index contributed by atoms with van der Waals surface area (Å²) in [5.74, 6) is -1.52. The number of esters is 3. The summed E-state index contributed by atoms with van der Waals surface area (Å²) >= 11 is 1.85. The summed E-state index contributed by atoms with van der Waals surface area (Å²) < 4.78 is 26.6. The Bertz CT molecular complexity index is 446. The summed E-state index contributed by atoms with van der Waals surface area (Å²) in [6.07, 6.45) is -2.95. The van der Waals surface area contributed by atoms with Gasteiger partial charge in [-0.25, -0.2) is 0 Å². The van der Waals surface area contributed by atoms with Gasteiger partial charge in [-0.2, -0.15) is 0 Å². The Morgan fingerprint density at radius 3 is 2.04 bits per heavy atom.